The van der Waals surface area contributed by atoms with Crippen LogP contribution in [0.3, 0.4) is 0 Å². The minimum atomic E-state index is -1.10. The van der Waals surface area contributed by atoms with Crippen molar-refractivity contribution < 1.29 is 42.0 Å². The zero-order chi connectivity index (χ0) is 34.2. The maximum Gasteiger partial charge on any atom is 0.342 e. The van der Waals surface area contributed by atoms with Crippen LogP contribution in [0.5, 0.6) is 29.3 Å². The average molecular weight is 695 g/mol. The van der Waals surface area contributed by atoms with Gasteiger partial charge in [0.25, 0.3) is 0 Å². The summed E-state index contributed by atoms with van der Waals surface area (Å²) < 4.78 is 59.9. The van der Waals surface area contributed by atoms with Gasteiger partial charge in [-0.15, -0.1) is 0 Å². The van der Waals surface area contributed by atoms with E-state index in [2.05, 4.69) is 24.9 Å². The lowest BCUT2D eigenvalue weighted by Crippen LogP contribution is -2.16. The highest BCUT2D eigenvalue weighted by atomic mass is 35.5. The molecule has 3 aromatic heterocycles. The van der Waals surface area contributed by atoms with Crippen LogP contribution < -0.4 is 29.4 Å². The summed E-state index contributed by atoms with van der Waals surface area (Å²) in [5, 5.41) is 0.171. The van der Waals surface area contributed by atoms with Crippen molar-refractivity contribution in [1.82, 2.24) is 29.5 Å². The molecule has 0 saturated carbocycles. The van der Waals surface area contributed by atoms with E-state index in [1.807, 2.05) is 0 Å². The summed E-state index contributed by atoms with van der Waals surface area (Å²) in [5.41, 5.74) is 0.233. The summed E-state index contributed by atoms with van der Waals surface area (Å²) >= 11 is 12.1. The molecule has 0 unspecified atom stereocenters. The van der Waals surface area contributed by atoms with E-state index < -0.39 is 23.3 Å². The Balaban J connectivity index is 0.000000300. The van der Waals surface area contributed by atoms with E-state index in [0.717, 1.165) is 6.07 Å². The average Bonchev–Trinajstić information content (AvgIpc) is 3.40. The summed E-state index contributed by atoms with van der Waals surface area (Å²) in [6.07, 6.45) is 2.67. The number of carbonyl (C=O) groups is 1. The Morgan fingerprint density at radius 1 is 0.915 bits per heavy atom. The highest BCUT2D eigenvalue weighted by molar-refractivity contribution is 6.33. The van der Waals surface area contributed by atoms with Gasteiger partial charge in [0, 0.05) is 12.1 Å². The summed E-state index contributed by atoms with van der Waals surface area (Å²) in [5.74, 6) is -2.25. The van der Waals surface area contributed by atoms with Crippen molar-refractivity contribution >= 4 is 40.3 Å². The first-order valence-electron chi connectivity index (χ1n) is 13.3. The number of hydrogen-bond donors (Lipinski definition) is 1. The van der Waals surface area contributed by atoms with Crippen LogP contribution in [0.1, 0.15) is 22.8 Å². The smallest absolute Gasteiger partial charge is 0.342 e. The van der Waals surface area contributed by atoms with Crippen LogP contribution in [0.2, 0.25) is 10.2 Å². The fraction of sp³-hybridized carbons (Fsp3) is 0.241. The van der Waals surface area contributed by atoms with Gasteiger partial charge in [0.05, 0.1) is 63.7 Å². The number of hydrogen-bond acceptors (Lipinski definition) is 12. The SMILES string of the molecule is CCOC(=O)c1cnc(OC)nc1Cl.COc1ncc2[nH]c(=O)n(-c3cc(OCc4c(OC)ccc(F)c4F)c(OC)cc3Cl)c2n1. The molecule has 0 aliphatic rings. The van der Waals surface area contributed by atoms with Gasteiger partial charge in [-0.05, 0) is 19.1 Å². The lowest BCUT2D eigenvalue weighted by molar-refractivity contribution is 0.0525. The fourth-order valence-corrected chi connectivity index (χ4v) is 4.45. The molecule has 0 bridgehead atoms. The molecule has 0 spiro atoms. The van der Waals surface area contributed by atoms with Crippen molar-refractivity contribution in [1.29, 1.82) is 0 Å². The molecule has 47 heavy (non-hydrogen) atoms. The quantitative estimate of drug-likeness (QED) is 0.155. The molecule has 2 aromatic carbocycles. The van der Waals surface area contributed by atoms with Crippen LogP contribution in [-0.4, -0.2) is 70.5 Å². The molecule has 3 heterocycles. The van der Waals surface area contributed by atoms with E-state index >= 15 is 0 Å². The Bertz CT molecular complexity index is 1970. The van der Waals surface area contributed by atoms with Crippen LogP contribution in [0.15, 0.2) is 41.5 Å². The van der Waals surface area contributed by atoms with E-state index in [-0.39, 0.29) is 75.1 Å². The first kappa shape index (κ1) is 34.6. The Morgan fingerprint density at radius 3 is 2.23 bits per heavy atom. The van der Waals surface area contributed by atoms with Crippen LogP contribution in [0.25, 0.3) is 16.9 Å². The zero-order valence-corrected chi connectivity index (χ0v) is 26.9. The molecule has 0 aliphatic heterocycles. The van der Waals surface area contributed by atoms with Gasteiger partial charge in [0.2, 0.25) is 0 Å². The molecule has 5 rings (SSSR count). The summed E-state index contributed by atoms with van der Waals surface area (Å²) in [6.45, 7) is 1.60. The Kier molecular flexibility index (Phi) is 11.3. The number of benzene rings is 2. The minimum Gasteiger partial charge on any atom is -0.496 e. The Hall–Kier alpha value is -5.22. The topological polar surface area (TPSA) is 162 Å². The Labute approximate surface area is 275 Å². The molecule has 0 atom stereocenters. The second-order valence-electron chi connectivity index (χ2n) is 8.93. The second kappa shape index (κ2) is 15.4. The predicted molar refractivity (Wildman–Crippen MR) is 164 cm³/mol. The number of methoxy groups -OCH3 is 4. The zero-order valence-electron chi connectivity index (χ0n) is 25.4. The fourth-order valence-electron chi connectivity index (χ4n) is 4.01. The molecular formula is C29H26Cl2F2N6O8. The number of nitrogens with one attached hydrogen (secondary N) is 1. The monoisotopic (exact) mass is 694 g/mol. The molecule has 248 valence electrons. The highest BCUT2D eigenvalue weighted by Crippen LogP contribution is 2.37. The number of imidazole rings is 1. The molecule has 1 N–H and O–H groups in total. The van der Waals surface area contributed by atoms with Gasteiger partial charge in [0.1, 0.15) is 23.4 Å². The number of halogens is 4. The first-order chi connectivity index (χ1) is 22.6. The Morgan fingerprint density at radius 2 is 1.60 bits per heavy atom. The van der Waals surface area contributed by atoms with Crippen LogP contribution in [-0.2, 0) is 11.3 Å². The lowest BCUT2D eigenvalue weighted by Gasteiger charge is -2.16. The maximum atomic E-state index is 14.3. The number of rotatable bonds is 10. The number of H-pyrrole nitrogens is 1. The number of fused-ring (bicyclic) bond motifs is 1. The van der Waals surface area contributed by atoms with Gasteiger partial charge in [-0.3, -0.25) is 0 Å². The van der Waals surface area contributed by atoms with Crippen LogP contribution in [0.4, 0.5) is 8.78 Å². The van der Waals surface area contributed by atoms with Gasteiger partial charge >= 0.3 is 23.7 Å². The number of aromatic amines is 1. The number of carbonyl (C=O) groups excluding carboxylic acids is 1. The minimum absolute atomic E-state index is 0.0234. The number of ether oxygens (including phenoxy) is 6. The molecular weight excluding hydrogens is 669 g/mol. The van der Waals surface area contributed by atoms with Gasteiger partial charge in [-0.1, -0.05) is 23.2 Å². The van der Waals surface area contributed by atoms with Crippen molar-refractivity contribution in [3.05, 3.63) is 80.1 Å². The highest BCUT2D eigenvalue weighted by Gasteiger charge is 2.20. The van der Waals surface area contributed by atoms with E-state index in [0.29, 0.717) is 5.52 Å². The normalized spacial score (nSPS) is 10.6. The maximum absolute atomic E-state index is 14.3. The molecule has 18 heteroatoms. The third-order valence-corrected chi connectivity index (χ3v) is 6.79. The number of nitrogens with zero attached hydrogens (tertiary/aromatic N) is 5. The molecule has 5 aromatic rings. The van der Waals surface area contributed by atoms with Gasteiger partial charge < -0.3 is 33.4 Å². The third-order valence-electron chi connectivity index (χ3n) is 6.20. The predicted octanol–water partition coefficient (Wildman–Crippen LogP) is 4.96. The molecule has 0 amide bonds. The summed E-state index contributed by atoms with van der Waals surface area (Å²) in [4.78, 5) is 42.2. The lowest BCUT2D eigenvalue weighted by atomic mass is 10.2. The number of esters is 1. The van der Waals surface area contributed by atoms with Crippen molar-refractivity contribution in [3.8, 4) is 35.0 Å². The van der Waals surface area contributed by atoms with E-state index in [4.69, 9.17) is 51.6 Å². The van der Waals surface area contributed by atoms with Crippen molar-refractivity contribution in [3.63, 3.8) is 0 Å². The van der Waals surface area contributed by atoms with E-state index in [1.165, 1.54) is 63.6 Å². The molecule has 14 nitrogen and oxygen atoms in total. The van der Waals surface area contributed by atoms with Crippen LogP contribution in [0, 0.1) is 11.6 Å². The van der Waals surface area contributed by atoms with Gasteiger partial charge in [0.15, 0.2) is 33.9 Å². The van der Waals surface area contributed by atoms with Gasteiger partial charge in [-0.25, -0.2) is 32.9 Å². The number of aromatic nitrogens is 6. The van der Waals surface area contributed by atoms with Crippen molar-refractivity contribution in [2.24, 2.45) is 0 Å². The standard InChI is InChI=1S/C21H17ClF2N4O5.C8H9ClN2O3/c1-30-15-5-4-12(23)18(24)10(15)9-33-17-7-14(11(22)6-16(17)31-2)28-19-13(26-21(28)29)8-25-20(27-19)32-3;1-3-14-7(12)5-4-10-8(13-2)11-6(5)9/h4-8H,9H2,1-3H3,(H,26,29);4H,3H2,1-2H3. The van der Waals surface area contributed by atoms with Gasteiger partial charge in [-0.2, -0.15) is 9.97 Å². The molecule has 0 aliphatic carbocycles. The molecule has 0 fully saturated rings. The second-order valence-corrected chi connectivity index (χ2v) is 9.69. The van der Waals surface area contributed by atoms with E-state index in [1.54, 1.807) is 6.92 Å². The van der Waals surface area contributed by atoms with Crippen molar-refractivity contribution in [2.45, 2.75) is 13.5 Å². The van der Waals surface area contributed by atoms with E-state index in [9.17, 15) is 18.4 Å². The largest absolute Gasteiger partial charge is 0.496 e. The molecule has 0 radical (unpaired) electrons. The third kappa shape index (κ3) is 7.61. The first-order valence-corrected chi connectivity index (χ1v) is 14.1. The molecule has 0 saturated heterocycles. The van der Waals surface area contributed by atoms with Crippen LogP contribution >= 0.6 is 23.2 Å². The summed E-state index contributed by atoms with van der Waals surface area (Å²) in [6, 6.07) is 5.26. The summed E-state index contributed by atoms with van der Waals surface area (Å²) in [7, 11) is 5.52. The van der Waals surface area contributed by atoms with Crippen molar-refractivity contribution in [2.75, 3.05) is 35.0 Å².